The van der Waals surface area contributed by atoms with Crippen molar-refractivity contribution in [2.45, 2.75) is 71.3 Å². The molecule has 2 fully saturated rings. The maximum Gasteiger partial charge on any atom is 0.00683 e. The highest BCUT2D eigenvalue weighted by atomic mass is 14.9. The van der Waals surface area contributed by atoms with Crippen LogP contribution in [0.4, 0.5) is 0 Å². The van der Waals surface area contributed by atoms with Crippen molar-refractivity contribution in [2.24, 2.45) is 11.8 Å². The third kappa shape index (κ3) is 3.88. The van der Waals surface area contributed by atoms with Crippen molar-refractivity contribution in [3.05, 3.63) is 34.9 Å². The molecule has 2 saturated carbocycles. The standard InChI is InChI=1S/C20H31N/c1-4-16-5-6-17(13-21-19-7-8-19)20(12-16)18-10-14(2)9-15(3)11-18/h9-11,16-17,19-21H,4-8,12-13H2,1-3H3. The van der Waals surface area contributed by atoms with Gasteiger partial charge >= 0.3 is 0 Å². The Kier molecular flexibility index (Phi) is 4.69. The summed E-state index contributed by atoms with van der Waals surface area (Å²) in [6.07, 6.45) is 8.40. The third-order valence-corrected chi connectivity index (χ3v) is 5.60. The Bertz CT molecular complexity index is 454. The molecule has 1 aromatic carbocycles. The first-order valence-corrected chi connectivity index (χ1v) is 8.97. The van der Waals surface area contributed by atoms with Crippen LogP contribution >= 0.6 is 0 Å². The van der Waals surface area contributed by atoms with Gasteiger partial charge in [-0.25, -0.2) is 0 Å². The van der Waals surface area contributed by atoms with Crippen molar-refractivity contribution in [2.75, 3.05) is 6.54 Å². The predicted molar refractivity (Wildman–Crippen MR) is 90.8 cm³/mol. The molecule has 1 heteroatoms. The fraction of sp³-hybridized carbons (Fsp3) is 0.700. The van der Waals surface area contributed by atoms with Crippen LogP contribution in [0, 0.1) is 25.7 Å². The van der Waals surface area contributed by atoms with Gasteiger partial charge in [-0.15, -0.1) is 0 Å². The zero-order valence-electron chi connectivity index (χ0n) is 14.0. The summed E-state index contributed by atoms with van der Waals surface area (Å²) in [5, 5.41) is 3.79. The molecule has 0 aromatic heterocycles. The molecule has 3 rings (SSSR count). The van der Waals surface area contributed by atoms with Gasteiger partial charge < -0.3 is 5.32 Å². The summed E-state index contributed by atoms with van der Waals surface area (Å²) in [5.74, 6) is 2.55. The molecule has 2 aliphatic rings. The van der Waals surface area contributed by atoms with E-state index in [1.165, 1.54) is 56.2 Å². The van der Waals surface area contributed by atoms with E-state index in [1.807, 2.05) is 0 Å². The van der Waals surface area contributed by atoms with Crippen LogP contribution in [0.2, 0.25) is 0 Å². The predicted octanol–water partition coefficient (Wildman–Crippen LogP) is 4.97. The van der Waals surface area contributed by atoms with Gasteiger partial charge in [0.15, 0.2) is 0 Å². The van der Waals surface area contributed by atoms with Gasteiger partial charge in [0, 0.05) is 6.04 Å². The lowest BCUT2D eigenvalue weighted by molar-refractivity contribution is 0.225. The average Bonchev–Trinajstić information content (AvgIpc) is 3.28. The summed E-state index contributed by atoms with van der Waals surface area (Å²) in [6.45, 7) is 8.09. The van der Waals surface area contributed by atoms with Crippen LogP contribution in [0.3, 0.4) is 0 Å². The van der Waals surface area contributed by atoms with Crippen molar-refractivity contribution >= 4 is 0 Å². The summed E-state index contributed by atoms with van der Waals surface area (Å²) in [6, 6.07) is 8.04. The van der Waals surface area contributed by atoms with Gasteiger partial charge in [-0.3, -0.25) is 0 Å². The lowest BCUT2D eigenvalue weighted by atomic mass is 9.70. The first-order valence-electron chi connectivity index (χ1n) is 8.97. The first kappa shape index (κ1) is 15.1. The van der Waals surface area contributed by atoms with Crippen molar-refractivity contribution in [3.63, 3.8) is 0 Å². The minimum absolute atomic E-state index is 0.772. The van der Waals surface area contributed by atoms with E-state index in [1.54, 1.807) is 5.56 Å². The van der Waals surface area contributed by atoms with Gasteiger partial charge in [0.25, 0.3) is 0 Å². The molecular formula is C20H31N. The fourth-order valence-corrected chi connectivity index (χ4v) is 4.17. The van der Waals surface area contributed by atoms with Crippen molar-refractivity contribution in [3.8, 4) is 0 Å². The number of rotatable bonds is 5. The van der Waals surface area contributed by atoms with Crippen molar-refractivity contribution in [1.82, 2.24) is 5.32 Å². The van der Waals surface area contributed by atoms with E-state index in [-0.39, 0.29) is 0 Å². The normalized spacial score (nSPS) is 29.6. The van der Waals surface area contributed by atoms with Crippen LogP contribution in [0.5, 0.6) is 0 Å². The van der Waals surface area contributed by atoms with E-state index in [0.717, 1.165) is 23.8 Å². The highest BCUT2D eigenvalue weighted by Crippen LogP contribution is 2.42. The third-order valence-electron chi connectivity index (χ3n) is 5.60. The van der Waals surface area contributed by atoms with E-state index in [0.29, 0.717) is 0 Å². The van der Waals surface area contributed by atoms with Crippen molar-refractivity contribution in [1.29, 1.82) is 0 Å². The van der Waals surface area contributed by atoms with Crippen LogP contribution < -0.4 is 5.32 Å². The van der Waals surface area contributed by atoms with E-state index < -0.39 is 0 Å². The van der Waals surface area contributed by atoms with Gasteiger partial charge in [0.05, 0.1) is 0 Å². The number of hydrogen-bond acceptors (Lipinski definition) is 1. The molecule has 1 N–H and O–H groups in total. The molecule has 21 heavy (non-hydrogen) atoms. The second-order valence-electron chi connectivity index (χ2n) is 7.56. The monoisotopic (exact) mass is 285 g/mol. The molecule has 0 saturated heterocycles. The summed E-state index contributed by atoms with van der Waals surface area (Å²) in [7, 11) is 0. The molecule has 3 atom stereocenters. The average molecular weight is 285 g/mol. The first-order chi connectivity index (χ1) is 10.2. The minimum atomic E-state index is 0.772. The highest BCUT2D eigenvalue weighted by Gasteiger charge is 2.32. The summed E-state index contributed by atoms with van der Waals surface area (Å²) >= 11 is 0. The smallest absolute Gasteiger partial charge is 0.00683 e. The Balaban J connectivity index is 1.77. The zero-order chi connectivity index (χ0) is 14.8. The van der Waals surface area contributed by atoms with E-state index in [4.69, 9.17) is 0 Å². The number of nitrogens with one attached hydrogen (secondary N) is 1. The Morgan fingerprint density at radius 2 is 1.71 bits per heavy atom. The molecule has 116 valence electrons. The lowest BCUT2D eigenvalue weighted by Gasteiger charge is -2.37. The molecule has 0 aliphatic heterocycles. The molecular weight excluding hydrogens is 254 g/mol. The second kappa shape index (κ2) is 6.52. The molecule has 0 radical (unpaired) electrons. The van der Waals surface area contributed by atoms with Crippen molar-refractivity contribution < 1.29 is 0 Å². The molecule has 0 bridgehead atoms. The Morgan fingerprint density at radius 3 is 2.33 bits per heavy atom. The molecule has 0 spiro atoms. The van der Waals surface area contributed by atoms with Crippen LogP contribution in [0.25, 0.3) is 0 Å². The summed E-state index contributed by atoms with van der Waals surface area (Å²) in [4.78, 5) is 0. The quantitative estimate of drug-likeness (QED) is 0.806. The number of benzene rings is 1. The molecule has 0 amide bonds. The van der Waals surface area contributed by atoms with E-state index >= 15 is 0 Å². The van der Waals surface area contributed by atoms with Gasteiger partial charge in [0.1, 0.15) is 0 Å². The topological polar surface area (TPSA) is 12.0 Å². The number of hydrogen-bond donors (Lipinski definition) is 1. The lowest BCUT2D eigenvalue weighted by Crippen LogP contribution is -2.33. The van der Waals surface area contributed by atoms with Crippen LogP contribution in [-0.2, 0) is 0 Å². The Labute approximate surface area is 130 Å². The van der Waals surface area contributed by atoms with Gasteiger partial charge in [-0.2, -0.15) is 0 Å². The second-order valence-corrected chi connectivity index (χ2v) is 7.56. The van der Waals surface area contributed by atoms with Gasteiger partial charge in [0.2, 0.25) is 0 Å². The maximum absolute atomic E-state index is 3.79. The molecule has 3 unspecified atom stereocenters. The van der Waals surface area contributed by atoms with Crippen LogP contribution in [0.15, 0.2) is 18.2 Å². The summed E-state index contributed by atoms with van der Waals surface area (Å²) in [5.41, 5.74) is 4.46. The molecule has 2 aliphatic carbocycles. The Morgan fingerprint density at radius 1 is 1.00 bits per heavy atom. The van der Waals surface area contributed by atoms with Crippen LogP contribution in [0.1, 0.15) is 68.1 Å². The zero-order valence-corrected chi connectivity index (χ0v) is 14.0. The fourth-order valence-electron chi connectivity index (χ4n) is 4.17. The highest BCUT2D eigenvalue weighted by molar-refractivity contribution is 5.31. The van der Waals surface area contributed by atoms with E-state index in [2.05, 4.69) is 44.3 Å². The molecule has 1 aromatic rings. The van der Waals surface area contributed by atoms with E-state index in [9.17, 15) is 0 Å². The minimum Gasteiger partial charge on any atom is -0.314 e. The SMILES string of the molecule is CCC1CCC(CNC2CC2)C(c2cc(C)cc(C)c2)C1. The Hall–Kier alpha value is -0.820. The largest absolute Gasteiger partial charge is 0.314 e. The van der Waals surface area contributed by atoms with Gasteiger partial charge in [-0.05, 0) is 69.4 Å². The molecule has 1 nitrogen and oxygen atoms in total. The molecule has 0 heterocycles. The number of aryl methyl sites for hydroxylation is 2. The maximum atomic E-state index is 3.79. The summed E-state index contributed by atoms with van der Waals surface area (Å²) < 4.78 is 0. The van der Waals surface area contributed by atoms with Gasteiger partial charge in [-0.1, -0.05) is 49.1 Å². The van der Waals surface area contributed by atoms with Crippen LogP contribution in [-0.4, -0.2) is 12.6 Å².